The zero-order chi connectivity index (χ0) is 14.8. The molecule has 3 nitrogen and oxygen atoms in total. The van der Waals surface area contributed by atoms with Gasteiger partial charge >= 0.3 is 0 Å². The molecule has 0 saturated carbocycles. The number of hydrogen-bond acceptors (Lipinski definition) is 2. The summed E-state index contributed by atoms with van der Waals surface area (Å²) in [4.78, 5) is 11.8. The summed E-state index contributed by atoms with van der Waals surface area (Å²) in [6.07, 6.45) is 0. The van der Waals surface area contributed by atoms with Gasteiger partial charge in [-0.25, -0.2) is 4.68 Å². The minimum absolute atomic E-state index is 0.451. The highest BCUT2D eigenvalue weighted by molar-refractivity contribution is 6.68. The van der Waals surface area contributed by atoms with Crippen LogP contribution < -0.4 is 0 Å². The van der Waals surface area contributed by atoms with Gasteiger partial charge in [-0.05, 0) is 30.7 Å². The van der Waals surface area contributed by atoms with Crippen molar-refractivity contribution >= 4 is 16.8 Å². The second-order valence-electron chi connectivity index (χ2n) is 4.70. The Bertz CT molecular complexity index is 779. The SMILES string of the molecule is Cc1c(C(=O)Cl)c(-c2ccccc2)nn1-c1ccccc1. The van der Waals surface area contributed by atoms with Crippen LogP contribution in [0.1, 0.15) is 16.1 Å². The average Bonchev–Trinajstić information content (AvgIpc) is 2.87. The summed E-state index contributed by atoms with van der Waals surface area (Å²) in [5.41, 5.74) is 3.57. The van der Waals surface area contributed by atoms with Crippen LogP contribution in [0.25, 0.3) is 16.9 Å². The summed E-state index contributed by atoms with van der Waals surface area (Å²) in [5.74, 6) is 0. The minimum atomic E-state index is -0.492. The van der Waals surface area contributed by atoms with Gasteiger partial charge in [0.2, 0.25) is 0 Å². The molecule has 0 atom stereocenters. The van der Waals surface area contributed by atoms with E-state index in [4.69, 9.17) is 11.6 Å². The first kappa shape index (κ1) is 13.6. The summed E-state index contributed by atoms with van der Waals surface area (Å²) in [6.45, 7) is 1.85. The molecule has 3 rings (SSSR count). The smallest absolute Gasteiger partial charge is 0.256 e. The second kappa shape index (κ2) is 5.54. The van der Waals surface area contributed by atoms with Gasteiger partial charge in [-0.3, -0.25) is 4.79 Å². The third-order valence-electron chi connectivity index (χ3n) is 3.36. The number of halogens is 1. The summed E-state index contributed by atoms with van der Waals surface area (Å²) in [6, 6.07) is 19.3. The van der Waals surface area contributed by atoms with Crippen molar-refractivity contribution in [2.75, 3.05) is 0 Å². The van der Waals surface area contributed by atoms with Gasteiger partial charge in [0.05, 0.1) is 16.9 Å². The van der Waals surface area contributed by atoms with Crippen LogP contribution in [0.5, 0.6) is 0 Å². The van der Waals surface area contributed by atoms with Crippen LogP contribution in [0, 0.1) is 6.92 Å². The molecule has 0 aliphatic heterocycles. The molecule has 1 heterocycles. The molecule has 0 radical (unpaired) electrons. The van der Waals surface area contributed by atoms with E-state index in [2.05, 4.69) is 5.10 Å². The van der Waals surface area contributed by atoms with E-state index in [1.54, 1.807) is 4.68 Å². The molecule has 0 saturated heterocycles. The van der Waals surface area contributed by atoms with Gasteiger partial charge in [-0.15, -0.1) is 0 Å². The molecule has 0 amide bonds. The first-order valence-electron chi connectivity index (χ1n) is 6.59. The molecule has 0 unspecified atom stereocenters. The fraction of sp³-hybridized carbons (Fsp3) is 0.0588. The molecule has 0 aliphatic carbocycles. The van der Waals surface area contributed by atoms with Gasteiger partial charge in [0.1, 0.15) is 5.69 Å². The largest absolute Gasteiger partial charge is 0.275 e. The van der Waals surface area contributed by atoms with Crippen LogP contribution in [-0.2, 0) is 0 Å². The Morgan fingerprint density at radius 1 is 1.00 bits per heavy atom. The molecule has 0 fully saturated rings. The molecule has 1 aromatic heterocycles. The highest BCUT2D eigenvalue weighted by Gasteiger charge is 2.21. The average molecular weight is 297 g/mol. The van der Waals surface area contributed by atoms with Crippen LogP contribution in [0.4, 0.5) is 0 Å². The Morgan fingerprint density at radius 3 is 2.14 bits per heavy atom. The Labute approximate surface area is 127 Å². The van der Waals surface area contributed by atoms with Crippen molar-refractivity contribution < 1.29 is 4.79 Å². The molecule has 0 N–H and O–H groups in total. The van der Waals surface area contributed by atoms with E-state index in [1.165, 1.54) is 0 Å². The first-order valence-corrected chi connectivity index (χ1v) is 6.96. The number of aromatic nitrogens is 2. The lowest BCUT2D eigenvalue weighted by molar-refractivity contribution is 0.108. The number of nitrogens with zero attached hydrogens (tertiary/aromatic N) is 2. The van der Waals surface area contributed by atoms with Gasteiger partial charge in [-0.2, -0.15) is 5.10 Å². The third kappa shape index (κ3) is 2.48. The maximum Gasteiger partial charge on any atom is 0.256 e. The predicted molar refractivity (Wildman–Crippen MR) is 83.9 cm³/mol. The van der Waals surface area contributed by atoms with E-state index in [1.807, 2.05) is 67.6 Å². The van der Waals surface area contributed by atoms with Crippen molar-refractivity contribution in [2.24, 2.45) is 0 Å². The summed E-state index contributed by atoms with van der Waals surface area (Å²) in [7, 11) is 0. The number of para-hydroxylation sites is 1. The molecule has 21 heavy (non-hydrogen) atoms. The van der Waals surface area contributed by atoms with Crippen LogP contribution in [0.3, 0.4) is 0 Å². The molecular weight excluding hydrogens is 284 g/mol. The zero-order valence-electron chi connectivity index (χ0n) is 11.5. The van der Waals surface area contributed by atoms with E-state index in [9.17, 15) is 4.79 Å². The molecule has 0 aliphatic rings. The number of hydrogen-bond donors (Lipinski definition) is 0. The maximum absolute atomic E-state index is 11.8. The van der Waals surface area contributed by atoms with Gasteiger partial charge in [0.25, 0.3) is 5.24 Å². The van der Waals surface area contributed by atoms with Crippen molar-refractivity contribution in [3.05, 3.63) is 71.9 Å². The zero-order valence-corrected chi connectivity index (χ0v) is 12.2. The normalized spacial score (nSPS) is 10.6. The van der Waals surface area contributed by atoms with Gasteiger partial charge in [0, 0.05) is 5.56 Å². The lowest BCUT2D eigenvalue weighted by atomic mass is 10.1. The summed E-state index contributed by atoms with van der Waals surface area (Å²) in [5, 5.41) is 4.09. The molecule has 4 heteroatoms. The highest BCUT2D eigenvalue weighted by atomic mass is 35.5. The molecule has 0 spiro atoms. The standard InChI is InChI=1S/C17H13ClN2O/c1-12-15(17(18)21)16(13-8-4-2-5-9-13)19-20(12)14-10-6-3-7-11-14/h2-11H,1H3. The van der Waals surface area contributed by atoms with Crippen molar-refractivity contribution in [1.29, 1.82) is 0 Å². The molecule has 2 aromatic carbocycles. The quantitative estimate of drug-likeness (QED) is 0.678. The van der Waals surface area contributed by atoms with Crippen molar-refractivity contribution in [1.82, 2.24) is 9.78 Å². The summed E-state index contributed by atoms with van der Waals surface area (Å²) >= 11 is 5.77. The van der Waals surface area contributed by atoms with Crippen LogP contribution in [0.15, 0.2) is 60.7 Å². The van der Waals surface area contributed by atoms with E-state index in [0.717, 1.165) is 16.9 Å². The number of rotatable bonds is 3. The molecule has 104 valence electrons. The minimum Gasteiger partial charge on any atom is -0.275 e. The van der Waals surface area contributed by atoms with E-state index in [0.29, 0.717) is 11.3 Å². The lowest BCUT2D eigenvalue weighted by Crippen LogP contribution is -1.99. The summed E-state index contributed by atoms with van der Waals surface area (Å²) < 4.78 is 1.75. The Morgan fingerprint density at radius 2 is 1.57 bits per heavy atom. The number of carbonyl (C=O) groups excluding carboxylic acids is 1. The Kier molecular flexibility index (Phi) is 3.59. The van der Waals surface area contributed by atoms with Crippen LogP contribution in [0.2, 0.25) is 0 Å². The van der Waals surface area contributed by atoms with E-state index < -0.39 is 5.24 Å². The fourth-order valence-corrected chi connectivity index (χ4v) is 2.58. The fourth-order valence-electron chi connectivity index (χ4n) is 2.36. The van der Waals surface area contributed by atoms with Crippen molar-refractivity contribution in [2.45, 2.75) is 6.92 Å². The monoisotopic (exact) mass is 296 g/mol. The molecule has 3 aromatic rings. The Hall–Kier alpha value is -2.39. The van der Waals surface area contributed by atoms with E-state index >= 15 is 0 Å². The predicted octanol–water partition coefficient (Wildman–Crippen LogP) is 4.23. The van der Waals surface area contributed by atoms with E-state index in [-0.39, 0.29) is 0 Å². The Balaban J connectivity index is 2.24. The second-order valence-corrected chi connectivity index (χ2v) is 5.04. The van der Waals surface area contributed by atoms with Gasteiger partial charge in [0.15, 0.2) is 0 Å². The lowest BCUT2D eigenvalue weighted by Gasteiger charge is -2.03. The van der Waals surface area contributed by atoms with Gasteiger partial charge < -0.3 is 0 Å². The number of benzene rings is 2. The van der Waals surface area contributed by atoms with Gasteiger partial charge in [-0.1, -0.05) is 48.5 Å². The first-order chi connectivity index (χ1) is 10.2. The van der Waals surface area contributed by atoms with Crippen LogP contribution in [-0.4, -0.2) is 15.0 Å². The topological polar surface area (TPSA) is 34.9 Å². The number of carbonyl (C=O) groups is 1. The molecule has 0 bridgehead atoms. The molecular formula is C17H13ClN2O. The van der Waals surface area contributed by atoms with Crippen molar-refractivity contribution in [3.8, 4) is 16.9 Å². The van der Waals surface area contributed by atoms with Crippen LogP contribution >= 0.6 is 11.6 Å². The maximum atomic E-state index is 11.8. The van der Waals surface area contributed by atoms with Crippen molar-refractivity contribution in [3.63, 3.8) is 0 Å². The highest BCUT2D eigenvalue weighted by Crippen LogP contribution is 2.28. The third-order valence-corrected chi connectivity index (χ3v) is 3.55.